The van der Waals surface area contributed by atoms with Gasteiger partial charge in [0.2, 0.25) is 5.91 Å². The highest BCUT2D eigenvalue weighted by atomic mass is 16.1. The Balaban J connectivity index is 1.62. The Kier molecular flexibility index (Phi) is 3.76. The van der Waals surface area contributed by atoms with E-state index in [0.29, 0.717) is 12.2 Å². The molecule has 0 saturated heterocycles. The van der Waals surface area contributed by atoms with Gasteiger partial charge in [0.25, 0.3) is 0 Å². The zero-order valence-corrected chi connectivity index (χ0v) is 15.2. The average molecular weight is 367 g/mol. The van der Waals surface area contributed by atoms with Crippen molar-refractivity contribution >= 4 is 28.3 Å². The lowest BCUT2D eigenvalue weighted by atomic mass is 10.0. The summed E-state index contributed by atoms with van der Waals surface area (Å²) in [5.74, 6) is 1.44. The molecule has 0 radical (unpaired) electrons. The van der Waals surface area contributed by atoms with Crippen LogP contribution >= 0.6 is 0 Å². The smallest absolute Gasteiger partial charge is 0.228 e. The molecule has 6 nitrogen and oxygen atoms in total. The molecule has 0 bridgehead atoms. The third-order valence-corrected chi connectivity index (χ3v) is 4.92. The van der Waals surface area contributed by atoms with Crippen LogP contribution in [0.5, 0.6) is 0 Å². The minimum Gasteiger partial charge on any atom is -0.373 e. The summed E-state index contributed by atoms with van der Waals surface area (Å²) in [6.07, 6.45) is 3.94. The lowest BCUT2D eigenvalue weighted by Gasteiger charge is -2.11. The molecule has 136 valence electrons. The predicted octanol–water partition coefficient (Wildman–Crippen LogP) is 3.90. The van der Waals surface area contributed by atoms with Crippen LogP contribution in [0, 0.1) is 0 Å². The first kappa shape index (κ1) is 16.4. The number of hydrogen-bond donors (Lipinski definition) is 2. The van der Waals surface area contributed by atoms with E-state index in [1.54, 1.807) is 12.4 Å². The largest absolute Gasteiger partial charge is 0.373 e. The molecule has 4 aromatic rings. The van der Waals surface area contributed by atoms with Crippen LogP contribution in [0.4, 0.5) is 11.5 Å². The van der Waals surface area contributed by atoms with Crippen molar-refractivity contribution in [1.29, 1.82) is 0 Å². The molecule has 0 saturated carbocycles. The van der Waals surface area contributed by atoms with E-state index in [0.717, 1.165) is 44.7 Å². The lowest BCUT2D eigenvalue weighted by Crippen LogP contribution is -2.03. The first-order valence-corrected chi connectivity index (χ1v) is 9.04. The first-order chi connectivity index (χ1) is 13.7. The Morgan fingerprint density at radius 2 is 1.86 bits per heavy atom. The van der Waals surface area contributed by atoms with Crippen molar-refractivity contribution in [2.75, 3.05) is 17.7 Å². The quantitative estimate of drug-likeness (QED) is 0.574. The average Bonchev–Trinajstić information content (AvgIpc) is 3.12. The number of pyridine rings is 1. The molecule has 5 rings (SSSR count). The summed E-state index contributed by atoms with van der Waals surface area (Å²) in [6.45, 7) is 0. The number of carbonyl (C=O) groups excluding carboxylic acids is 1. The van der Waals surface area contributed by atoms with Crippen molar-refractivity contribution in [2.24, 2.45) is 0 Å². The number of benzene rings is 2. The Morgan fingerprint density at radius 3 is 2.68 bits per heavy atom. The Labute approximate surface area is 161 Å². The fraction of sp³-hybridized carbons (Fsp3) is 0.0909. The first-order valence-electron chi connectivity index (χ1n) is 9.04. The highest BCUT2D eigenvalue weighted by Gasteiger charge is 2.18. The molecule has 0 unspecified atom stereocenters. The van der Waals surface area contributed by atoms with Crippen LogP contribution in [-0.2, 0) is 11.2 Å². The van der Waals surface area contributed by atoms with Gasteiger partial charge < -0.3 is 10.6 Å². The normalized spacial score (nSPS) is 12.7. The number of anilines is 2. The molecule has 1 amide bonds. The summed E-state index contributed by atoms with van der Waals surface area (Å²) < 4.78 is 0. The van der Waals surface area contributed by atoms with Gasteiger partial charge in [-0.05, 0) is 47.0 Å². The van der Waals surface area contributed by atoms with Crippen molar-refractivity contribution in [3.63, 3.8) is 0 Å². The van der Waals surface area contributed by atoms with E-state index in [4.69, 9.17) is 4.98 Å². The highest BCUT2D eigenvalue weighted by molar-refractivity contribution is 6.00. The van der Waals surface area contributed by atoms with Gasteiger partial charge in [0.1, 0.15) is 5.82 Å². The van der Waals surface area contributed by atoms with E-state index in [1.165, 1.54) is 0 Å². The van der Waals surface area contributed by atoms with Gasteiger partial charge in [0.15, 0.2) is 5.82 Å². The van der Waals surface area contributed by atoms with Crippen LogP contribution in [0.3, 0.4) is 0 Å². The van der Waals surface area contributed by atoms with Gasteiger partial charge in [0.05, 0.1) is 11.9 Å². The van der Waals surface area contributed by atoms with Crippen molar-refractivity contribution in [1.82, 2.24) is 15.0 Å². The number of amides is 1. The lowest BCUT2D eigenvalue weighted by molar-refractivity contribution is -0.115. The van der Waals surface area contributed by atoms with E-state index in [9.17, 15) is 4.79 Å². The van der Waals surface area contributed by atoms with Crippen LogP contribution in [0.1, 0.15) is 5.56 Å². The van der Waals surface area contributed by atoms with Crippen LogP contribution < -0.4 is 10.6 Å². The second-order valence-electron chi connectivity index (χ2n) is 6.72. The number of rotatable bonds is 3. The zero-order valence-electron chi connectivity index (χ0n) is 15.2. The number of hydrogen-bond acceptors (Lipinski definition) is 5. The molecular weight excluding hydrogens is 350 g/mol. The fourth-order valence-electron chi connectivity index (χ4n) is 3.52. The number of carbonyl (C=O) groups is 1. The Morgan fingerprint density at radius 1 is 1.00 bits per heavy atom. The minimum absolute atomic E-state index is 0.0412. The molecule has 2 aromatic carbocycles. The van der Waals surface area contributed by atoms with Gasteiger partial charge in [-0.2, -0.15) is 0 Å². The van der Waals surface area contributed by atoms with Crippen molar-refractivity contribution in [3.05, 3.63) is 66.5 Å². The van der Waals surface area contributed by atoms with Crippen LogP contribution in [-0.4, -0.2) is 27.9 Å². The van der Waals surface area contributed by atoms with Crippen molar-refractivity contribution in [3.8, 4) is 22.5 Å². The molecule has 0 aliphatic carbocycles. The Hall–Kier alpha value is -3.80. The monoisotopic (exact) mass is 367 g/mol. The maximum Gasteiger partial charge on any atom is 0.228 e. The van der Waals surface area contributed by atoms with Gasteiger partial charge in [-0.25, -0.2) is 9.97 Å². The SMILES string of the molecule is CNc1nc(-c2cccnc2)nc2ccc(-c3ccc4c(c3)NC(=O)C4)cc12. The molecule has 0 atom stereocenters. The second-order valence-corrected chi connectivity index (χ2v) is 6.72. The third kappa shape index (κ3) is 2.75. The fourth-order valence-corrected chi connectivity index (χ4v) is 3.52. The van der Waals surface area contributed by atoms with E-state index in [-0.39, 0.29) is 5.91 Å². The zero-order chi connectivity index (χ0) is 19.1. The van der Waals surface area contributed by atoms with Crippen LogP contribution in [0.2, 0.25) is 0 Å². The maximum absolute atomic E-state index is 11.6. The topological polar surface area (TPSA) is 79.8 Å². The summed E-state index contributed by atoms with van der Waals surface area (Å²) in [5.41, 5.74) is 5.75. The third-order valence-electron chi connectivity index (χ3n) is 4.92. The van der Waals surface area contributed by atoms with Gasteiger partial charge in [-0.1, -0.05) is 18.2 Å². The summed E-state index contributed by atoms with van der Waals surface area (Å²) >= 11 is 0. The number of aromatic nitrogens is 3. The van der Waals surface area contributed by atoms with E-state index < -0.39 is 0 Å². The molecule has 6 heteroatoms. The molecule has 0 spiro atoms. The van der Waals surface area contributed by atoms with E-state index >= 15 is 0 Å². The number of fused-ring (bicyclic) bond motifs is 2. The molecule has 1 aliphatic heterocycles. The summed E-state index contributed by atoms with van der Waals surface area (Å²) in [7, 11) is 1.85. The molecule has 2 aromatic heterocycles. The van der Waals surface area contributed by atoms with E-state index in [2.05, 4.69) is 26.7 Å². The van der Waals surface area contributed by atoms with Crippen LogP contribution in [0.25, 0.3) is 33.4 Å². The summed E-state index contributed by atoms with van der Waals surface area (Å²) in [4.78, 5) is 25.2. The van der Waals surface area contributed by atoms with E-state index in [1.807, 2.05) is 49.5 Å². The van der Waals surface area contributed by atoms with Gasteiger partial charge in [0, 0.05) is 36.1 Å². The molecular formula is C22H17N5O. The maximum atomic E-state index is 11.6. The van der Waals surface area contributed by atoms with Crippen molar-refractivity contribution < 1.29 is 4.79 Å². The minimum atomic E-state index is 0.0412. The summed E-state index contributed by atoms with van der Waals surface area (Å²) in [6, 6.07) is 16.0. The summed E-state index contributed by atoms with van der Waals surface area (Å²) in [5, 5.41) is 7.03. The predicted molar refractivity (Wildman–Crippen MR) is 110 cm³/mol. The molecule has 3 heterocycles. The molecule has 28 heavy (non-hydrogen) atoms. The van der Waals surface area contributed by atoms with Gasteiger partial charge in [-0.15, -0.1) is 0 Å². The van der Waals surface area contributed by atoms with Crippen LogP contribution in [0.15, 0.2) is 60.9 Å². The van der Waals surface area contributed by atoms with Gasteiger partial charge in [-0.3, -0.25) is 9.78 Å². The highest BCUT2D eigenvalue weighted by Crippen LogP contribution is 2.32. The molecule has 2 N–H and O–H groups in total. The van der Waals surface area contributed by atoms with Gasteiger partial charge >= 0.3 is 0 Å². The molecule has 1 aliphatic rings. The standard InChI is InChI=1S/C22H17N5O/c1-23-22-17-9-13(14-4-5-15-11-20(28)25-19(15)10-14)6-7-18(17)26-21(27-22)16-3-2-8-24-12-16/h2-10,12H,11H2,1H3,(H,25,28)(H,23,26,27). The van der Waals surface area contributed by atoms with Crippen molar-refractivity contribution in [2.45, 2.75) is 6.42 Å². The number of nitrogens with one attached hydrogen (secondary N) is 2. The number of nitrogens with zero attached hydrogens (tertiary/aromatic N) is 3. The second kappa shape index (κ2) is 6.42. The molecule has 0 fully saturated rings. The Bertz CT molecular complexity index is 1220.